The van der Waals surface area contributed by atoms with Crippen LogP contribution >= 0.6 is 0 Å². The first-order valence-electron chi connectivity index (χ1n) is 20.6. The molecule has 0 radical (unpaired) electrons. The predicted octanol–water partition coefficient (Wildman–Crippen LogP) is 7.71. The lowest BCUT2D eigenvalue weighted by molar-refractivity contribution is -0.340. The molecule has 4 heterocycles. The molecule has 4 fully saturated rings. The van der Waals surface area contributed by atoms with Crippen molar-refractivity contribution in [3.05, 3.63) is 47.1 Å². The van der Waals surface area contributed by atoms with E-state index in [-0.39, 0.29) is 48.5 Å². The van der Waals surface area contributed by atoms with Crippen LogP contribution in [0.5, 0.6) is 0 Å². The third-order valence-electron chi connectivity index (χ3n) is 12.7. The predicted molar refractivity (Wildman–Crippen MR) is 208 cm³/mol. The van der Waals surface area contributed by atoms with E-state index < -0.39 is 29.9 Å². The fourth-order valence-electron chi connectivity index (χ4n) is 9.37. The summed E-state index contributed by atoms with van der Waals surface area (Å²) in [4.78, 5) is 23.5. The molecule has 55 heavy (non-hydrogen) atoms. The van der Waals surface area contributed by atoms with Crippen molar-refractivity contribution in [1.82, 2.24) is 0 Å². The average Bonchev–Trinajstić information content (AvgIpc) is 3.53. The topological polar surface area (TPSA) is 117 Å². The molecule has 5 rings (SSSR count). The molecular weight excluding hydrogens is 704 g/mol. The van der Waals surface area contributed by atoms with Crippen LogP contribution in [0.2, 0.25) is 0 Å². The highest BCUT2D eigenvalue weighted by Crippen LogP contribution is 2.46. The van der Waals surface area contributed by atoms with E-state index in [4.69, 9.17) is 42.6 Å². The molecule has 11 heteroatoms. The minimum Gasteiger partial charge on any atom is -0.464 e. The highest BCUT2D eigenvalue weighted by atomic mass is 16.7. The van der Waals surface area contributed by atoms with E-state index in [1.807, 2.05) is 6.92 Å². The first-order valence-corrected chi connectivity index (χ1v) is 20.6. The van der Waals surface area contributed by atoms with Gasteiger partial charge in [-0.15, -0.1) is 0 Å². The second-order valence-electron chi connectivity index (χ2n) is 16.8. The summed E-state index contributed by atoms with van der Waals surface area (Å²) in [5.41, 5.74) is 2.29. The number of ether oxygens (including phenoxy) is 9. The van der Waals surface area contributed by atoms with Crippen molar-refractivity contribution in [1.29, 1.82) is 0 Å². The zero-order chi connectivity index (χ0) is 39.9. The van der Waals surface area contributed by atoms with E-state index in [0.29, 0.717) is 57.0 Å². The maximum Gasteiger partial charge on any atom is 0.303 e. The Balaban J connectivity index is 1.36. The lowest BCUT2D eigenvalue weighted by Gasteiger charge is -2.50. The van der Waals surface area contributed by atoms with E-state index in [1.54, 1.807) is 14.2 Å². The van der Waals surface area contributed by atoms with Gasteiger partial charge in [-0.2, -0.15) is 0 Å². The fraction of sp³-hybridized carbons (Fsp3) is 0.773. The van der Waals surface area contributed by atoms with Crippen LogP contribution in [0.15, 0.2) is 47.1 Å². The smallest absolute Gasteiger partial charge is 0.303 e. The van der Waals surface area contributed by atoms with Crippen molar-refractivity contribution in [2.24, 2.45) is 17.8 Å². The van der Waals surface area contributed by atoms with Gasteiger partial charge in [0.1, 0.15) is 17.8 Å². The Hall–Kier alpha value is -2.38. The summed E-state index contributed by atoms with van der Waals surface area (Å²) in [7, 11) is 3.43. The molecule has 2 unspecified atom stereocenters. The van der Waals surface area contributed by atoms with Gasteiger partial charge in [0.2, 0.25) is 0 Å². The standard InChI is InChI=1S/C44H68O11/c1-11-27(2)40-30(5)17-19-43(55-40)24-37(50-26-45)22-35(54-43)16-15-29(4)39(53-38-23-36(47-9)21-32(7)51-38)28(3)13-12-14-34-25-49-42-41(52-33(8)46)31(6)18-20-44(34,42)48-10/h12-15,18,26-28,30,32,35-42H,11,16-17,19-25H2,1-10H3/b13-12+,29-15+,34-14+/t27-,28-,30-,32-,35+,36+,37-,38-,39-,40?,41+,42+,43+,44?/m0/s1. The molecule has 1 spiro atoms. The average molecular weight is 773 g/mol. The Kier molecular flexibility index (Phi) is 15.4. The van der Waals surface area contributed by atoms with Crippen LogP contribution in [0.1, 0.15) is 113 Å². The van der Waals surface area contributed by atoms with Crippen LogP contribution < -0.4 is 0 Å². The van der Waals surface area contributed by atoms with Crippen LogP contribution in [0.4, 0.5) is 0 Å². The zero-order valence-electron chi connectivity index (χ0n) is 35.0. The van der Waals surface area contributed by atoms with Crippen LogP contribution in [-0.2, 0) is 52.2 Å². The number of methoxy groups -OCH3 is 2. The third-order valence-corrected chi connectivity index (χ3v) is 12.7. The van der Waals surface area contributed by atoms with Gasteiger partial charge in [0.25, 0.3) is 6.47 Å². The van der Waals surface area contributed by atoms with E-state index in [9.17, 15) is 9.59 Å². The number of esters is 1. The molecule has 11 nitrogen and oxygen atoms in total. The summed E-state index contributed by atoms with van der Waals surface area (Å²) in [6.45, 7) is 17.3. The summed E-state index contributed by atoms with van der Waals surface area (Å²) in [6, 6.07) is 0. The number of rotatable bonds is 15. The van der Waals surface area contributed by atoms with Crippen molar-refractivity contribution in [3.8, 4) is 0 Å². The SMILES string of the molecule is CC[C@H](C)C1O[C@]2(CC[C@@H]1C)C[C@@H](OC=O)C[C@@H](C/C=C(\C)[C@@H](O[C@H]1C[C@H](OC)C[C@H](C)O1)[C@@H](C)/C=C/C=C1\CO[C@@H]3[C@H](OC(C)=O)C(C)=CCC13OC)O2. The first kappa shape index (κ1) is 43.7. The lowest BCUT2D eigenvalue weighted by Crippen LogP contribution is -2.55. The molecule has 310 valence electrons. The summed E-state index contributed by atoms with van der Waals surface area (Å²) in [6.07, 6.45) is 15.2. The van der Waals surface area contributed by atoms with Crippen molar-refractivity contribution in [2.75, 3.05) is 20.8 Å². The van der Waals surface area contributed by atoms with E-state index in [2.05, 4.69) is 71.9 Å². The quantitative estimate of drug-likeness (QED) is 0.0926. The number of hydrogen-bond donors (Lipinski definition) is 0. The van der Waals surface area contributed by atoms with Gasteiger partial charge in [0.15, 0.2) is 18.2 Å². The summed E-state index contributed by atoms with van der Waals surface area (Å²) in [5.74, 6) is -0.325. The Morgan fingerprint density at radius 1 is 1.09 bits per heavy atom. The molecule has 0 aromatic rings. The van der Waals surface area contributed by atoms with Gasteiger partial charge < -0.3 is 42.6 Å². The van der Waals surface area contributed by atoms with Crippen molar-refractivity contribution in [3.63, 3.8) is 0 Å². The Morgan fingerprint density at radius 3 is 2.56 bits per heavy atom. The minimum atomic E-state index is -0.771. The van der Waals surface area contributed by atoms with E-state index >= 15 is 0 Å². The molecule has 0 amide bonds. The fourth-order valence-corrected chi connectivity index (χ4v) is 9.37. The molecular formula is C44H68O11. The Labute approximate surface area is 329 Å². The molecule has 5 aliphatic rings. The van der Waals surface area contributed by atoms with Crippen LogP contribution in [-0.4, -0.2) is 99.8 Å². The molecule has 1 aliphatic carbocycles. The molecule has 0 bridgehead atoms. The number of carbonyl (C=O) groups excluding carboxylic acids is 2. The van der Waals surface area contributed by atoms with Gasteiger partial charge >= 0.3 is 5.97 Å². The van der Waals surface area contributed by atoms with Gasteiger partial charge in [0.05, 0.1) is 37.1 Å². The molecule has 4 aliphatic heterocycles. The van der Waals surface area contributed by atoms with Crippen LogP contribution in [0.3, 0.4) is 0 Å². The molecule has 0 aromatic carbocycles. The Morgan fingerprint density at radius 2 is 1.87 bits per heavy atom. The van der Waals surface area contributed by atoms with Gasteiger partial charge in [0, 0.05) is 59.2 Å². The van der Waals surface area contributed by atoms with Crippen molar-refractivity contribution in [2.45, 2.75) is 180 Å². The minimum absolute atomic E-state index is 0.00722. The summed E-state index contributed by atoms with van der Waals surface area (Å²) < 4.78 is 56.2. The molecule has 14 atom stereocenters. The third kappa shape index (κ3) is 10.4. The van der Waals surface area contributed by atoms with Gasteiger partial charge in [-0.05, 0) is 68.6 Å². The number of hydrogen-bond acceptors (Lipinski definition) is 11. The van der Waals surface area contributed by atoms with E-state index in [0.717, 1.165) is 42.4 Å². The second-order valence-corrected chi connectivity index (χ2v) is 16.8. The number of fused-ring (bicyclic) bond motifs is 1. The van der Waals surface area contributed by atoms with Crippen molar-refractivity contribution >= 4 is 12.4 Å². The zero-order valence-corrected chi connectivity index (χ0v) is 35.0. The van der Waals surface area contributed by atoms with E-state index in [1.165, 1.54) is 6.92 Å². The van der Waals surface area contributed by atoms with Gasteiger partial charge in [-0.25, -0.2) is 0 Å². The monoisotopic (exact) mass is 772 g/mol. The maximum absolute atomic E-state index is 12.0. The highest BCUT2D eigenvalue weighted by Gasteiger charge is 2.55. The maximum atomic E-state index is 12.0. The molecule has 4 saturated heterocycles. The van der Waals surface area contributed by atoms with Crippen LogP contribution in [0.25, 0.3) is 0 Å². The first-order chi connectivity index (χ1) is 26.3. The normalized spacial score (nSPS) is 39.4. The molecule has 0 saturated carbocycles. The van der Waals surface area contributed by atoms with Crippen LogP contribution in [0, 0.1) is 17.8 Å². The Bertz CT molecular complexity index is 1420. The second kappa shape index (κ2) is 19.4. The van der Waals surface area contributed by atoms with Gasteiger partial charge in [-0.3, -0.25) is 9.59 Å². The largest absolute Gasteiger partial charge is 0.464 e. The number of carbonyl (C=O) groups is 2. The highest BCUT2D eigenvalue weighted by molar-refractivity contribution is 5.66. The lowest BCUT2D eigenvalue weighted by atomic mass is 9.78. The molecule has 0 N–H and O–H groups in total. The summed E-state index contributed by atoms with van der Waals surface area (Å²) in [5, 5.41) is 0. The summed E-state index contributed by atoms with van der Waals surface area (Å²) >= 11 is 0. The number of allylic oxidation sites excluding steroid dienone is 2. The van der Waals surface area contributed by atoms with Crippen molar-refractivity contribution < 1.29 is 52.2 Å². The van der Waals surface area contributed by atoms with Gasteiger partial charge in [-0.1, -0.05) is 64.5 Å². The molecule has 0 aromatic heterocycles.